The van der Waals surface area contributed by atoms with Gasteiger partial charge in [0.1, 0.15) is 11.9 Å². The normalized spacial score (nSPS) is 26.6. The van der Waals surface area contributed by atoms with Crippen molar-refractivity contribution < 1.29 is 23.7 Å². The van der Waals surface area contributed by atoms with Crippen molar-refractivity contribution in [2.45, 2.75) is 84.0 Å². The van der Waals surface area contributed by atoms with E-state index in [2.05, 4.69) is 20.8 Å². The van der Waals surface area contributed by atoms with Crippen LogP contribution in [0.25, 0.3) is 0 Å². The number of carbonyl (C=O) groups excluding carboxylic acids is 1. The molecule has 0 amide bonds. The number of ether oxygens (including phenoxy) is 4. The van der Waals surface area contributed by atoms with Gasteiger partial charge in [-0.15, -0.1) is 0 Å². The van der Waals surface area contributed by atoms with Gasteiger partial charge in [-0.3, -0.25) is 4.79 Å². The Kier molecular flexibility index (Phi) is 5.60. The molecule has 2 heterocycles. The van der Waals surface area contributed by atoms with Crippen molar-refractivity contribution in [1.29, 1.82) is 0 Å². The average Bonchev–Trinajstić information content (AvgIpc) is 2.69. The number of fused-ring (bicyclic) bond motifs is 5. The standard InChI is InChI=1S/C25H34O5/c1-6-7-8-9-10-25-13-16-11-19(27-4)20(28-5)12-17(16)23(30-25)22-18(26)14-24(2,3)15-21(22)29-25/h11-12,23H,6-10,13-15H2,1-5H3. The van der Waals surface area contributed by atoms with Gasteiger partial charge in [-0.05, 0) is 35.1 Å². The molecular weight excluding hydrogens is 380 g/mol. The maximum absolute atomic E-state index is 13.2. The van der Waals surface area contributed by atoms with Gasteiger partial charge >= 0.3 is 0 Å². The summed E-state index contributed by atoms with van der Waals surface area (Å²) in [5.74, 6) is 1.62. The van der Waals surface area contributed by atoms with Gasteiger partial charge in [-0.1, -0.05) is 40.0 Å². The van der Waals surface area contributed by atoms with Crippen LogP contribution in [0, 0.1) is 5.41 Å². The molecule has 0 spiro atoms. The topological polar surface area (TPSA) is 54.0 Å². The van der Waals surface area contributed by atoms with Crippen LogP contribution >= 0.6 is 0 Å². The van der Waals surface area contributed by atoms with E-state index in [-0.39, 0.29) is 11.2 Å². The molecule has 2 aliphatic heterocycles. The third-order valence-corrected chi connectivity index (χ3v) is 6.58. The summed E-state index contributed by atoms with van der Waals surface area (Å²) in [7, 11) is 3.28. The number of rotatable bonds is 7. The highest BCUT2D eigenvalue weighted by Crippen LogP contribution is 2.54. The third kappa shape index (κ3) is 3.73. The van der Waals surface area contributed by atoms with E-state index >= 15 is 0 Å². The van der Waals surface area contributed by atoms with Gasteiger partial charge in [0, 0.05) is 25.7 Å². The van der Waals surface area contributed by atoms with E-state index in [9.17, 15) is 4.79 Å². The van der Waals surface area contributed by atoms with Crippen LogP contribution < -0.4 is 9.47 Å². The van der Waals surface area contributed by atoms with Crippen LogP contribution in [0.15, 0.2) is 23.5 Å². The Hall–Kier alpha value is -2.01. The van der Waals surface area contributed by atoms with Crippen LogP contribution in [0.2, 0.25) is 0 Å². The molecule has 4 rings (SSSR count). The Balaban J connectivity index is 1.79. The Morgan fingerprint density at radius 1 is 1.03 bits per heavy atom. The zero-order valence-corrected chi connectivity index (χ0v) is 18.9. The summed E-state index contributed by atoms with van der Waals surface area (Å²) in [6, 6.07) is 4.00. The monoisotopic (exact) mass is 414 g/mol. The molecule has 0 saturated heterocycles. The third-order valence-electron chi connectivity index (χ3n) is 6.58. The van der Waals surface area contributed by atoms with Gasteiger partial charge in [0.05, 0.1) is 19.8 Å². The lowest BCUT2D eigenvalue weighted by Crippen LogP contribution is -2.49. The van der Waals surface area contributed by atoms with Crippen molar-refractivity contribution in [3.8, 4) is 11.5 Å². The maximum atomic E-state index is 13.2. The first-order valence-corrected chi connectivity index (χ1v) is 11.2. The van der Waals surface area contributed by atoms with E-state index in [0.29, 0.717) is 29.9 Å². The zero-order valence-electron chi connectivity index (χ0n) is 18.9. The molecule has 0 N–H and O–H groups in total. The lowest BCUT2D eigenvalue weighted by atomic mass is 9.72. The lowest BCUT2D eigenvalue weighted by Gasteiger charge is -2.50. The first-order chi connectivity index (χ1) is 14.3. The summed E-state index contributed by atoms with van der Waals surface area (Å²) in [6.07, 6.45) is 6.96. The predicted octanol–water partition coefficient (Wildman–Crippen LogP) is 5.66. The zero-order chi connectivity index (χ0) is 21.5. The molecular formula is C25H34O5. The van der Waals surface area contributed by atoms with Crippen molar-refractivity contribution in [3.63, 3.8) is 0 Å². The number of benzene rings is 1. The SMILES string of the molecule is CCCCCCC12Cc3cc(OC)c(OC)cc3C(O1)C1=C(CC(C)(C)CC1=O)O2. The van der Waals surface area contributed by atoms with Gasteiger partial charge in [0.25, 0.3) is 0 Å². The molecule has 0 saturated carbocycles. The first-order valence-electron chi connectivity index (χ1n) is 11.2. The minimum Gasteiger partial charge on any atom is -0.493 e. The highest BCUT2D eigenvalue weighted by atomic mass is 16.7. The molecule has 1 aromatic rings. The van der Waals surface area contributed by atoms with Crippen LogP contribution in [0.1, 0.15) is 82.9 Å². The smallest absolute Gasteiger partial charge is 0.215 e. The summed E-state index contributed by atoms with van der Waals surface area (Å²) >= 11 is 0. The molecule has 2 atom stereocenters. The van der Waals surface area contributed by atoms with Crippen molar-refractivity contribution in [2.75, 3.05) is 14.2 Å². The number of hydrogen-bond donors (Lipinski definition) is 0. The molecule has 1 aliphatic carbocycles. The Morgan fingerprint density at radius 2 is 1.77 bits per heavy atom. The molecule has 3 aliphatic rings. The van der Waals surface area contributed by atoms with Crippen molar-refractivity contribution in [2.24, 2.45) is 5.41 Å². The van der Waals surface area contributed by atoms with Gasteiger partial charge < -0.3 is 18.9 Å². The fraction of sp³-hybridized carbons (Fsp3) is 0.640. The molecule has 30 heavy (non-hydrogen) atoms. The second-order valence-electron chi connectivity index (χ2n) is 9.68. The second-order valence-corrected chi connectivity index (χ2v) is 9.68. The van der Waals surface area contributed by atoms with E-state index in [1.165, 1.54) is 12.8 Å². The van der Waals surface area contributed by atoms with E-state index in [4.69, 9.17) is 18.9 Å². The predicted molar refractivity (Wildman–Crippen MR) is 115 cm³/mol. The maximum Gasteiger partial charge on any atom is 0.215 e. The summed E-state index contributed by atoms with van der Waals surface area (Å²) in [5.41, 5.74) is 2.72. The molecule has 2 bridgehead atoms. The summed E-state index contributed by atoms with van der Waals surface area (Å²) in [5, 5.41) is 0. The highest BCUT2D eigenvalue weighted by Gasteiger charge is 2.52. The summed E-state index contributed by atoms with van der Waals surface area (Å²) in [4.78, 5) is 13.2. The number of ketones is 1. The Morgan fingerprint density at radius 3 is 2.47 bits per heavy atom. The van der Waals surface area contributed by atoms with Gasteiger partial charge in [0.15, 0.2) is 17.3 Å². The van der Waals surface area contributed by atoms with Crippen molar-refractivity contribution in [1.82, 2.24) is 0 Å². The van der Waals surface area contributed by atoms with Crippen LogP contribution in [-0.4, -0.2) is 25.8 Å². The van der Waals surface area contributed by atoms with Crippen LogP contribution in [-0.2, 0) is 20.7 Å². The van der Waals surface area contributed by atoms with E-state index in [1.807, 2.05) is 12.1 Å². The largest absolute Gasteiger partial charge is 0.493 e. The lowest BCUT2D eigenvalue weighted by molar-refractivity contribution is -0.266. The fourth-order valence-corrected chi connectivity index (χ4v) is 5.12. The van der Waals surface area contributed by atoms with Crippen molar-refractivity contribution >= 4 is 5.78 Å². The molecule has 0 fully saturated rings. The Bertz CT molecular complexity index is 869. The van der Waals surface area contributed by atoms with Crippen molar-refractivity contribution in [3.05, 3.63) is 34.6 Å². The molecule has 5 heteroatoms. The van der Waals surface area contributed by atoms with E-state index in [1.54, 1.807) is 14.2 Å². The van der Waals surface area contributed by atoms with E-state index in [0.717, 1.165) is 42.6 Å². The quantitative estimate of drug-likeness (QED) is 0.539. The molecule has 2 unspecified atom stereocenters. The number of allylic oxidation sites excluding steroid dienone is 1. The van der Waals surface area contributed by atoms with Crippen LogP contribution in [0.4, 0.5) is 0 Å². The molecule has 0 radical (unpaired) electrons. The van der Waals surface area contributed by atoms with Crippen LogP contribution in [0.5, 0.6) is 11.5 Å². The molecule has 5 nitrogen and oxygen atoms in total. The number of unbranched alkanes of at least 4 members (excludes halogenated alkanes) is 3. The first kappa shape index (κ1) is 21.2. The highest BCUT2D eigenvalue weighted by molar-refractivity contribution is 5.98. The number of carbonyl (C=O) groups is 1. The number of Topliss-reactive ketones (excluding diaryl/α,β-unsaturated/α-hetero) is 1. The fourth-order valence-electron chi connectivity index (χ4n) is 5.12. The molecule has 1 aromatic carbocycles. The summed E-state index contributed by atoms with van der Waals surface area (Å²) in [6.45, 7) is 6.49. The van der Waals surface area contributed by atoms with Gasteiger partial charge in [0.2, 0.25) is 5.79 Å². The van der Waals surface area contributed by atoms with E-state index < -0.39 is 11.9 Å². The van der Waals surface area contributed by atoms with Crippen LogP contribution in [0.3, 0.4) is 0 Å². The Labute approximate surface area is 179 Å². The second kappa shape index (κ2) is 7.92. The molecule has 0 aromatic heterocycles. The van der Waals surface area contributed by atoms with Gasteiger partial charge in [-0.25, -0.2) is 0 Å². The minimum absolute atomic E-state index is 0.0919. The minimum atomic E-state index is -0.711. The molecule has 164 valence electrons. The number of hydrogen-bond acceptors (Lipinski definition) is 5. The average molecular weight is 415 g/mol. The van der Waals surface area contributed by atoms with Gasteiger partial charge in [-0.2, -0.15) is 0 Å². The number of methoxy groups -OCH3 is 2. The summed E-state index contributed by atoms with van der Waals surface area (Å²) < 4.78 is 24.3.